The van der Waals surface area contributed by atoms with Gasteiger partial charge in [0, 0.05) is 0 Å². The van der Waals surface area contributed by atoms with Gasteiger partial charge in [0.15, 0.2) is 0 Å². The van der Waals surface area contributed by atoms with Gasteiger partial charge in [-0.15, -0.1) is 0 Å². The van der Waals surface area contributed by atoms with E-state index in [1.54, 1.807) is 11.1 Å². The maximum Gasteiger partial charge on any atom is -0.0130 e. The maximum atomic E-state index is 2.33. The van der Waals surface area contributed by atoms with Crippen molar-refractivity contribution in [2.24, 2.45) is 5.92 Å². The molecule has 0 nitrogen and oxygen atoms in total. The number of allylic oxidation sites excluding steroid dienone is 6. The van der Waals surface area contributed by atoms with Gasteiger partial charge < -0.3 is 0 Å². The maximum absolute atomic E-state index is 2.33. The summed E-state index contributed by atoms with van der Waals surface area (Å²) in [4.78, 5) is 0. The summed E-state index contributed by atoms with van der Waals surface area (Å²) in [6.07, 6.45) is 12.8. The third-order valence-corrected chi connectivity index (χ3v) is 2.71. The Morgan fingerprint density at radius 1 is 1.36 bits per heavy atom. The summed E-state index contributed by atoms with van der Waals surface area (Å²) >= 11 is 0. The molecule has 0 aromatic rings. The third kappa shape index (κ3) is 1.18. The van der Waals surface area contributed by atoms with Gasteiger partial charge in [-0.2, -0.15) is 0 Å². The highest BCUT2D eigenvalue weighted by Crippen LogP contribution is 2.35. The first-order valence-electron chi connectivity index (χ1n) is 4.43. The summed E-state index contributed by atoms with van der Waals surface area (Å²) in [7, 11) is 0. The van der Waals surface area contributed by atoms with E-state index in [2.05, 4.69) is 31.2 Å². The van der Waals surface area contributed by atoms with E-state index < -0.39 is 0 Å². The lowest BCUT2D eigenvalue weighted by Crippen LogP contribution is -1.88. The van der Waals surface area contributed by atoms with Gasteiger partial charge in [-0.3, -0.25) is 0 Å². The Hall–Kier alpha value is -0.780. The molecule has 0 saturated heterocycles. The minimum absolute atomic E-state index is 0.807. The van der Waals surface area contributed by atoms with Gasteiger partial charge in [0.25, 0.3) is 0 Å². The van der Waals surface area contributed by atoms with Crippen molar-refractivity contribution in [2.45, 2.75) is 26.2 Å². The molecule has 0 fully saturated rings. The van der Waals surface area contributed by atoms with Crippen molar-refractivity contribution in [3.8, 4) is 0 Å². The Morgan fingerprint density at radius 2 is 2.27 bits per heavy atom. The highest BCUT2D eigenvalue weighted by molar-refractivity contribution is 5.37. The van der Waals surface area contributed by atoms with Crippen LogP contribution in [0.25, 0.3) is 0 Å². The van der Waals surface area contributed by atoms with E-state index >= 15 is 0 Å². The molecule has 0 aromatic carbocycles. The fraction of sp³-hybridized carbons (Fsp3) is 0.455. The summed E-state index contributed by atoms with van der Waals surface area (Å²) in [5.74, 6) is 0.807. The van der Waals surface area contributed by atoms with Crippen molar-refractivity contribution in [3.63, 3.8) is 0 Å². The molecule has 0 saturated carbocycles. The zero-order chi connectivity index (χ0) is 7.68. The Morgan fingerprint density at radius 3 is 3.18 bits per heavy atom. The van der Waals surface area contributed by atoms with Crippen molar-refractivity contribution in [1.29, 1.82) is 0 Å². The lowest BCUT2D eigenvalue weighted by atomic mass is 10.0. The van der Waals surface area contributed by atoms with E-state index in [1.165, 1.54) is 19.3 Å². The summed E-state index contributed by atoms with van der Waals surface area (Å²) < 4.78 is 0. The van der Waals surface area contributed by atoms with Crippen LogP contribution >= 0.6 is 0 Å². The van der Waals surface area contributed by atoms with Gasteiger partial charge in [0.1, 0.15) is 0 Å². The summed E-state index contributed by atoms with van der Waals surface area (Å²) in [5.41, 5.74) is 3.28. The quantitative estimate of drug-likeness (QED) is 0.492. The predicted molar refractivity (Wildman–Crippen MR) is 48.3 cm³/mol. The first-order chi connectivity index (χ1) is 5.38. The van der Waals surface area contributed by atoms with E-state index in [0.717, 1.165) is 5.92 Å². The van der Waals surface area contributed by atoms with Crippen LogP contribution in [0.5, 0.6) is 0 Å². The fourth-order valence-corrected chi connectivity index (χ4v) is 1.99. The number of hydrogen-bond acceptors (Lipinski definition) is 0. The molecule has 2 aliphatic carbocycles. The normalized spacial score (nSPS) is 29.0. The molecule has 0 amide bonds. The molecule has 0 aromatic heterocycles. The van der Waals surface area contributed by atoms with Crippen molar-refractivity contribution >= 4 is 0 Å². The summed E-state index contributed by atoms with van der Waals surface area (Å²) in [5, 5.41) is 0. The van der Waals surface area contributed by atoms with Gasteiger partial charge in [-0.25, -0.2) is 0 Å². The van der Waals surface area contributed by atoms with E-state index in [1.807, 2.05) is 0 Å². The van der Waals surface area contributed by atoms with Crippen LogP contribution < -0.4 is 0 Å². The van der Waals surface area contributed by atoms with Gasteiger partial charge in [-0.05, 0) is 30.8 Å². The lowest BCUT2D eigenvalue weighted by Gasteiger charge is -2.03. The van der Waals surface area contributed by atoms with Crippen LogP contribution in [0.4, 0.5) is 0 Å². The van der Waals surface area contributed by atoms with Crippen LogP contribution in [0, 0.1) is 5.92 Å². The predicted octanol–water partition coefficient (Wildman–Crippen LogP) is 3.23. The Kier molecular flexibility index (Phi) is 1.69. The molecule has 2 aliphatic rings. The van der Waals surface area contributed by atoms with E-state index in [9.17, 15) is 0 Å². The first kappa shape index (κ1) is 6.90. The van der Waals surface area contributed by atoms with E-state index in [0.29, 0.717) is 0 Å². The molecule has 58 valence electrons. The van der Waals surface area contributed by atoms with E-state index in [4.69, 9.17) is 0 Å². The van der Waals surface area contributed by atoms with Crippen LogP contribution in [-0.4, -0.2) is 0 Å². The minimum atomic E-state index is 0.807. The van der Waals surface area contributed by atoms with Gasteiger partial charge in [0.2, 0.25) is 0 Å². The molecule has 0 heteroatoms. The van der Waals surface area contributed by atoms with Crippen LogP contribution in [-0.2, 0) is 0 Å². The average molecular weight is 146 g/mol. The van der Waals surface area contributed by atoms with Crippen molar-refractivity contribution in [2.75, 3.05) is 0 Å². The highest BCUT2D eigenvalue weighted by Gasteiger charge is 2.18. The second-order valence-corrected chi connectivity index (χ2v) is 3.49. The standard InChI is InChI=1S/C11H14/c1-9-7-8-10-5-3-2-4-6-11(9)10/h2-4,6,9H,5,7-8H2,1H3. The molecule has 0 heterocycles. The molecular formula is C11H14. The van der Waals surface area contributed by atoms with Crippen LogP contribution in [0.1, 0.15) is 26.2 Å². The smallest absolute Gasteiger partial charge is 0.0130 e. The second-order valence-electron chi connectivity index (χ2n) is 3.49. The molecular weight excluding hydrogens is 132 g/mol. The fourth-order valence-electron chi connectivity index (χ4n) is 1.99. The van der Waals surface area contributed by atoms with E-state index in [-0.39, 0.29) is 0 Å². The Bertz CT molecular complexity index is 241. The zero-order valence-corrected chi connectivity index (χ0v) is 7.01. The monoisotopic (exact) mass is 146 g/mol. The van der Waals surface area contributed by atoms with Crippen LogP contribution in [0.15, 0.2) is 35.5 Å². The van der Waals surface area contributed by atoms with Crippen LogP contribution in [0.2, 0.25) is 0 Å². The molecule has 0 aliphatic heterocycles. The minimum Gasteiger partial charge on any atom is -0.0805 e. The zero-order valence-electron chi connectivity index (χ0n) is 7.01. The third-order valence-electron chi connectivity index (χ3n) is 2.71. The van der Waals surface area contributed by atoms with Gasteiger partial charge in [0.05, 0.1) is 0 Å². The Labute approximate surface area is 68.3 Å². The largest absolute Gasteiger partial charge is 0.0805 e. The molecule has 0 radical (unpaired) electrons. The Balaban J connectivity index is 2.32. The molecule has 1 unspecified atom stereocenters. The number of hydrogen-bond donors (Lipinski definition) is 0. The average Bonchev–Trinajstić information content (AvgIpc) is 2.25. The highest BCUT2D eigenvalue weighted by atomic mass is 14.2. The van der Waals surface area contributed by atoms with Gasteiger partial charge in [-0.1, -0.05) is 36.8 Å². The lowest BCUT2D eigenvalue weighted by molar-refractivity contribution is 0.678. The molecule has 11 heavy (non-hydrogen) atoms. The van der Waals surface area contributed by atoms with Crippen molar-refractivity contribution < 1.29 is 0 Å². The summed E-state index contributed by atoms with van der Waals surface area (Å²) in [6.45, 7) is 2.33. The summed E-state index contributed by atoms with van der Waals surface area (Å²) in [6, 6.07) is 0. The molecule has 1 atom stereocenters. The van der Waals surface area contributed by atoms with Crippen LogP contribution in [0.3, 0.4) is 0 Å². The van der Waals surface area contributed by atoms with Gasteiger partial charge >= 0.3 is 0 Å². The second kappa shape index (κ2) is 2.69. The molecule has 0 spiro atoms. The van der Waals surface area contributed by atoms with Crippen molar-refractivity contribution in [1.82, 2.24) is 0 Å². The van der Waals surface area contributed by atoms with Crippen molar-refractivity contribution in [3.05, 3.63) is 35.5 Å². The topological polar surface area (TPSA) is 0 Å². The first-order valence-corrected chi connectivity index (χ1v) is 4.43. The SMILES string of the molecule is CC1CCC2=C1C=CC=CC2. The molecule has 0 N–H and O–H groups in total. The molecule has 0 bridgehead atoms. The molecule has 2 rings (SSSR count). The number of rotatable bonds is 0.